The van der Waals surface area contributed by atoms with E-state index in [9.17, 15) is 5.11 Å². The summed E-state index contributed by atoms with van der Waals surface area (Å²) in [5.74, 6) is 1.01. The standard InChI is InChI=1S/C17H27N3O/c21-16-7-4-10-20(13-16)17-11-14(8-9-18-17)12-19-15-5-2-1-3-6-15/h8-9,11,15-16,19,21H,1-7,10,12-13H2. The van der Waals surface area contributed by atoms with Crippen molar-refractivity contribution >= 4 is 5.82 Å². The van der Waals surface area contributed by atoms with E-state index < -0.39 is 0 Å². The van der Waals surface area contributed by atoms with Gasteiger partial charge in [-0.2, -0.15) is 0 Å². The molecule has 1 atom stereocenters. The number of pyridine rings is 1. The molecule has 1 unspecified atom stereocenters. The molecule has 21 heavy (non-hydrogen) atoms. The van der Waals surface area contributed by atoms with Crippen LogP contribution in [0.4, 0.5) is 5.82 Å². The summed E-state index contributed by atoms with van der Waals surface area (Å²) >= 11 is 0. The van der Waals surface area contributed by atoms with Gasteiger partial charge in [0.15, 0.2) is 0 Å². The lowest BCUT2D eigenvalue weighted by atomic mass is 9.95. The minimum Gasteiger partial charge on any atom is -0.391 e. The van der Waals surface area contributed by atoms with E-state index in [0.717, 1.165) is 31.7 Å². The van der Waals surface area contributed by atoms with Crippen molar-refractivity contribution in [3.63, 3.8) is 0 Å². The molecule has 4 nitrogen and oxygen atoms in total. The molecule has 1 aromatic rings. The van der Waals surface area contributed by atoms with Crippen LogP contribution in [0.15, 0.2) is 18.3 Å². The van der Waals surface area contributed by atoms with Gasteiger partial charge in [-0.05, 0) is 43.4 Å². The number of hydrogen-bond donors (Lipinski definition) is 2. The van der Waals surface area contributed by atoms with E-state index in [0.29, 0.717) is 12.6 Å². The lowest BCUT2D eigenvalue weighted by molar-refractivity contribution is 0.154. The Hall–Kier alpha value is -1.13. The highest BCUT2D eigenvalue weighted by atomic mass is 16.3. The van der Waals surface area contributed by atoms with E-state index in [4.69, 9.17) is 0 Å². The van der Waals surface area contributed by atoms with Gasteiger partial charge in [0, 0.05) is 31.9 Å². The van der Waals surface area contributed by atoms with Gasteiger partial charge in [0.1, 0.15) is 5.82 Å². The third-order valence-corrected chi connectivity index (χ3v) is 4.73. The van der Waals surface area contributed by atoms with Crippen molar-refractivity contribution in [1.82, 2.24) is 10.3 Å². The molecule has 3 rings (SSSR count). The topological polar surface area (TPSA) is 48.4 Å². The lowest BCUT2D eigenvalue weighted by Gasteiger charge is -2.31. The Bertz CT molecular complexity index is 445. The SMILES string of the molecule is OC1CCCN(c2cc(CNC3CCCCC3)ccn2)C1. The van der Waals surface area contributed by atoms with Gasteiger partial charge < -0.3 is 15.3 Å². The van der Waals surface area contributed by atoms with Gasteiger partial charge in [-0.1, -0.05) is 19.3 Å². The molecule has 1 aliphatic heterocycles. The summed E-state index contributed by atoms with van der Waals surface area (Å²) in [4.78, 5) is 6.69. The van der Waals surface area contributed by atoms with Crippen LogP contribution in [0, 0.1) is 0 Å². The van der Waals surface area contributed by atoms with Crippen molar-refractivity contribution in [2.24, 2.45) is 0 Å². The van der Waals surface area contributed by atoms with Crippen LogP contribution < -0.4 is 10.2 Å². The van der Waals surface area contributed by atoms with E-state index in [-0.39, 0.29) is 6.10 Å². The Morgan fingerprint density at radius 1 is 1.19 bits per heavy atom. The Labute approximate surface area is 127 Å². The second-order valence-electron chi connectivity index (χ2n) is 6.48. The number of rotatable bonds is 4. The van der Waals surface area contributed by atoms with Gasteiger partial charge >= 0.3 is 0 Å². The highest BCUT2D eigenvalue weighted by Crippen LogP contribution is 2.20. The Kier molecular flexibility index (Phi) is 5.09. The first-order chi connectivity index (χ1) is 10.3. The first-order valence-electron chi connectivity index (χ1n) is 8.42. The van der Waals surface area contributed by atoms with Crippen molar-refractivity contribution in [3.05, 3.63) is 23.9 Å². The Balaban J connectivity index is 1.57. The van der Waals surface area contributed by atoms with E-state index in [2.05, 4.69) is 27.3 Å². The fourth-order valence-electron chi connectivity index (χ4n) is 3.48. The average Bonchev–Trinajstić information content (AvgIpc) is 2.54. The van der Waals surface area contributed by atoms with Gasteiger partial charge in [-0.25, -0.2) is 4.98 Å². The monoisotopic (exact) mass is 289 g/mol. The summed E-state index contributed by atoms with van der Waals surface area (Å²) in [6.45, 7) is 2.65. The van der Waals surface area contributed by atoms with Crippen LogP contribution in [0.5, 0.6) is 0 Å². The molecule has 0 spiro atoms. The summed E-state index contributed by atoms with van der Waals surface area (Å²) in [6.07, 6.45) is 10.4. The molecule has 1 saturated heterocycles. The quantitative estimate of drug-likeness (QED) is 0.894. The number of aromatic nitrogens is 1. The first kappa shape index (κ1) is 14.8. The molecule has 2 heterocycles. The third-order valence-electron chi connectivity index (χ3n) is 4.73. The number of nitrogens with zero attached hydrogens (tertiary/aromatic N) is 2. The summed E-state index contributed by atoms with van der Waals surface area (Å²) in [5, 5.41) is 13.5. The van der Waals surface area contributed by atoms with Crippen LogP contribution in [0.25, 0.3) is 0 Å². The number of aliphatic hydroxyl groups is 1. The summed E-state index contributed by atoms with van der Waals surface area (Å²) < 4.78 is 0. The van der Waals surface area contributed by atoms with Gasteiger partial charge in [0.25, 0.3) is 0 Å². The summed E-state index contributed by atoms with van der Waals surface area (Å²) in [6, 6.07) is 4.96. The molecule has 0 aromatic carbocycles. The predicted octanol–water partition coefficient (Wildman–Crippen LogP) is 2.47. The molecule has 1 aromatic heterocycles. The summed E-state index contributed by atoms with van der Waals surface area (Å²) in [7, 11) is 0. The maximum absolute atomic E-state index is 9.80. The third kappa shape index (κ3) is 4.17. The van der Waals surface area contributed by atoms with Crippen molar-refractivity contribution in [3.8, 4) is 0 Å². The van der Waals surface area contributed by atoms with Gasteiger partial charge in [0.2, 0.25) is 0 Å². The number of β-amino-alcohol motifs (C(OH)–C–C–N with tert-alkyl or cyclic N) is 1. The van der Waals surface area contributed by atoms with Gasteiger partial charge in [0.05, 0.1) is 6.10 Å². The molecule has 116 valence electrons. The number of hydrogen-bond acceptors (Lipinski definition) is 4. The Morgan fingerprint density at radius 2 is 2.05 bits per heavy atom. The van der Waals surface area contributed by atoms with Crippen molar-refractivity contribution < 1.29 is 5.11 Å². The zero-order valence-corrected chi connectivity index (χ0v) is 12.8. The fraction of sp³-hybridized carbons (Fsp3) is 0.706. The normalized spacial score (nSPS) is 24.2. The van der Waals surface area contributed by atoms with Crippen LogP contribution in [-0.4, -0.2) is 35.3 Å². The smallest absolute Gasteiger partial charge is 0.128 e. The molecule has 2 aliphatic rings. The molecule has 0 amide bonds. The molecule has 4 heteroatoms. The summed E-state index contributed by atoms with van der Waals surface area (Å²) in [5.41, 5.74) is 1.30. The van der Waals surface area contributed by atoms with Crippen molar-refractivity contribution in [2.45, 2.75) is 63.6 Å². The molecular weight excluding hydrogens is 262 g/mol. The highest BCUT2D eigenvalue weighted by Gasteiger charge is 2.19. The van der Waals surface area contributed by atoms with Gasteiger partial charge in [-0.15, -0.1) is 0 Å². The van der Waals surface area contributed by atoms with Crippen LogP contribution in [0.2, 0.25) is 0 Å². The minimum atomic E-state index is -0.204. The lowest BCUT2D eigenvalue weighted by Crippen LogP contribution is -2.38. The fourth-order valence-corrected chi connectivity index (χ4v) is 3.48. The Morgan fingerprint density at radius 3 is 2.86 bits per heavy atom. The van der Waals surface area contributed by atoms with E-state index in [1.165, 1.54) is 37.7 Å². The maximum atomic E-state index is 9.80. The van der Waals surface area contributed by atoms with Crippen LogP contribution in [0.3, 0.4) is 0 Å². The molecule has 0 bridgehead atoms. The highest BCUT2D eigenvalue weighted by molar-refractivity contribution is 5.41. The number of piperidine rings is 1. The van der Waals surface area contributed by atoms with E-state index in [1.807, 2.05) is 6.20 Å². The largest absolute Gasteiger partial charge is 0.391 e. The molecule has 1 aliphatic carbocycles. The molecule has 2 N–H and O–H groups in total. The second-order valence-corrected chi connectivity index (χ2v) is 6.48. The minimum absolute atomic E-state index is 0.204. The van der Waals surface area contributed by atoms with Crippen molar-refractivity contribution in [1.29, 1.82) is 0 Å². The maximum Gasteiger partial charge on any atom is 0.128 e. The van der Waals surface area contributed by atoms with Crippen LogP contribution in [0.1, 0.15) is 50.5 Å². The van der Waals surface area contributed by atoms with Crippen LogP contribution >= 0.6 is 0 Å². The van der Waals surface area contributed by atoms with Gasteiger partial charge in [-0.3, -0.25) is 0 Å². The molecule has 2 fully saturated rings. The van der Waals surface area contributed by atoms with E-state index >= 15 is 0 Å². The second kappa shape index (κ2) is 7.23. The molecular formula is C17H27N3O. The number of aliphatic hydroxyl groups excluding tert-OH is 1. The zero-order valence-electron chi connectivity index (χ0n) is 12.8. The number of nitrogens with one attached hydrogen (secondary N) is 1. The molecule has 0 radical (unpaired) electrons. The zero-order chi connectivity index (χ0) is 14.5. The first-order valence-corrected chi connectivity index (χ1v) is 8.42. The number of anilines is 1. The predicted molar refractivity (Wildman–Crippen MR) is 85.4 cm³/mol. The van der Waals surface area contributed by atoms with E-state index in [1.54, 1.807) is 0 Å². The van der Waals surface area contributed by atoms with Crippen molar-refractivity contribution in [2.75, 3.05) is 18.0 Å². The molecule has 1 saturated carbocycles. The average molecular weight is 289 g/mol. The van der Waals surface area contributed by atoms with Crippen LogP contribution in [-0.2, 0) is 6.54 Å².